The maximum Gasteiger partial charge on any atom is 0.270 e. The first kappa shape index (κ1) is 18.4. The quantitative estimate of drug-likeness (QED) is 0.635. The normalized spacial score (nSPS) is 18.2. The monoisotopic (exact) mass is 381 g/mol. The van der Waals surface area contributed by atoms with Gasteiger partial charge in [0.2, 0.25) is 0 Å². The Labute approximate surface area is 163 Å². The van der Waals surface area contributed by atoms with E-state index in [9.17, 15) is 14.9 Å². The number of benzene rings is 2. The summed E-state index contributed by atoms with van der Waals surface area (Å²) < 4.78 is 5.40. The summed E-state index contributed by atoms with van der Waals surface area (Å²) >= 11 is 0. The molecule has 1 N–H and O–H groups in total. The van der Waals surface area contributed by atoms with E-state index in [1.807, 2.05) is 30.3 Å². The number of nitro benzene ring substituents is 1. The van der Waals surface area contributed by atoms with Gasteiger partial charge in [0.05, 0.1) is 34.9 Å². The summed E-state index contributed by atoms with van der Waals surface area (Å²) in [7, 11) is 0. The largest absolute Gasteiger partial charge is 0.378 e. The van der Waals surface area contributed by atoms with Gasteiger partial charge in [-0.2, -0.15) is 0 Å². The number of non-ortho nitro benzene ring substituents is 1. The van der Waals surface area contributed by atoms with Crippen molar-refractivity contribution in [3.05, 3.63) is 69.8 Å². The van der Waals surface area contributed by atoms with Crippen molar-refractivity contribution in [2.45, 2.75) is 24.8 Å². The minimum Gasteiger partial charge on any atom is -0.378 e. The van der Waals surface area contributed by atoms with Gasteiger partial charge in [-0.3, -0.25) is 14.9 Å². The predicted molar refractivity (Wildman–Crippen MR) is 106 cm³/mol. The number of nitrogens with zero attached hydrogens (tertiary/aromatic N) is 2. The maximum absolute atomic E-state index is 13.3. The summed E-state index contributed by atoms with van der Waals surface area (Å²) in [6.45, 7) is 2.46. The smallest absolute Gasteiger partial charge is 0.270 e. The summed E-state index contributed by atoms with van der Waals surface area (Å²) in [5.74, 6) is -0.270. The molecule has 146 valence electrons. The van der Waals surface area contributed by atoms with Crippen molar-refractivity contribution >= 4 is 17.3 Å². The highest BCUT2D eigenvalue weighted by Crippen LogP contribution is 2.41. The number of rotatable bonds is 5. The average molecular weight is 381 g/mol. The Morgan fingerprint density at radius 2 is 1.82 bits per heavy atom. The summed E-state index contributed by atoms with van der Waals surface area (Å²) in [6, 6.07) is 14.5. The molecule has 1 saturated carbocycles. The zero-order valence-corrected chi connectivity index (χ0v) is 15.6. The topological polar surface area (TPSA) is 84.7 Å². The van der Waals surface area contributed by atoms with Gasteiger partial charge in [0.25, 0.3) is 11.6 Å². The average Bonchev–Trinajstić information content (AvgIpc) is 2.71. The molecule has 0 unspecified atom stereocenters. The highest BCUT2D eigenvalue weighted by molar-refractivity contribution is 6.01. The molecule has 4 rings (SSSR count). The molecule has 2 aromatic rings. The Hall–Kier alpha value is -2.93. The number of morpholine rings is 1. The summed E-state index contributed by atoms with van der Waals surface area (Å²) in [5, 5.41) is 14.5. The number of hydrogen-bond donors (Lipinski definition) is 1. The van der Waals surface area contributed by atoms with Crippen molar-refractivity contribution in [3.63, 3.8) is 0 Å². The zero-order chi connectivity index (χ0) is 19.6. The van der Waals surface area contributed by atoms with Crippen molar-refractivity contribution in [1.82, 2.24) is 5.32 Å². The molecule has 28 heavy (non-hydrogen) atoms. The van der Waals surface area contributed by atoms with Gasteiger partial charge in [-0.15, -0.1) is 0 Å². The molecule has 1 heterocycles. The Morgan fingerprint density at radius 1 is 1.11 bits per heavy atom. The van der Waals surface area contributed by atoms with Crippen molar-refractivity contribution in [1.29, 1.82) is 0 Å². The Bertz CT molecular complexity index is 874. The molecule has 1 amide bonds. The maximum atomic E-state index is 13.3. The van der Waals surface area contributed by atoms with Crippen LogP contribution in [0.25, 0.3) is 0 Å². The minimum absolute atomic E-state index is 0.0791. The van der Waals surface area contributed by atoms with Crippen LogP contribution in [0.2, 0.25) is 0 Å². The third-order valence-corrected chi connectivity index (χ3v) is 5.67. The first-order valence-corrected chi connectivity index (χ1v) is 9.58. The lowest BCUT2D eigenvalue weighted by molar-refractivity contribution is -0.384. The van der Waals surface area contributed by atoms with Gasteiger partial charge >= 0.3 is 0 Å². The van der Waals surface area contributed by atoms with Crippen LogP contribution in [0.5, 0.6) is 0 Å². The van der Waals surface area contributed by atoms with E-state index in [4.69, 9.17) is 4.74 Å². The summed E-state index contributed by atoms with van der Waals surface area (Å²) in [4.78, 5) is 26.1. The molecule has 0 spiro atoms. The number of hydrogen-bond acceptors (Lipinski definition) is 5. The molecule has 0 radical (unpaired) electrons. The number of carbonyl (C=O) groups excluding carboxylic acids is 1. The van der Waals surface area contributed by atoms with E-state index in [1.165, 1.54) is 12.1 Å². The first-order chi connectivity index (χ1) is 13.6. The fraction of sp³-hybridized carbons (Fsp3) is 0.381. The lowest BCUT2D eigenvalue weighted by Gasteiger charge is -2.43. The number of nitrogens with one attached hydrogen (secondary N) is 1. The molecule has 1 aliphatic carbocycles. The van der Waals surface area contributed by atoms with Crippen molar-refractivity contribution in [2.24, 2.45) is 0 Å². The van der Waals surface area contributed by atoms with Crippen LogP contribution in [0, 0.1) is 10.1 Å². The second kappa shape index (κ2) is 7.59. The standard InChI is InChI=1S/C21H23N3O4/c25-20(22-21(9-4-10-21)16-5-2-1-3-6-16)18-15-17(24(26)27)7-8-19(18)23-11-13-28-14-12-23/h1-3,5-8,15H,4,9-14H2,(H,22,25). The lowest BCUT2D eigenvalue weighted by Crippen LogP contribution is -2.51. The Morgan fingerprint density at radius 3 is 2.43 bits per heavy atom. The van der Waals surface area contributed by atoms with E-state index >= 15 is 0 Å². The second-order valence-corrected chi connectivity index (χ2v) is 7.31. The molecule has 0 atom stereocenters. The van der Waals surface area contributed by atoms with Crippen molar-refractivity contribution in [2.75, 3.05) is 31.2 Å². The van der Waals surface area contributed by atoms with E-state index in [0.717, 1.165) is 24.8 Å². The van der Waals surface area contributed by atoms with E-state index < -0.39 is 10.5 Å². The Kier molecular flexibility index (Phi) is 5.00. The molecule has 7 nitrogen and oxygen atoms in total. The number of amides is 1. The van der Waals surface area contributed by atoms with Crippen LogP contribution in [-0.2, 0) is 10.3 Å². The number of ether oxygens (including phenoxy) is 1. The van der Waals surface area contributed by atoms with Crippen LogP contribution < -0.4 is 10.2 Å². The molecule has 1 saturated heterocycles. The molecule has 2 aliphatic rings. The van der Waals surface area contributed by atoms with Gasteiger partial charge in [-0.1, -0.05) is 30.3 Å². The fourth-order valence-corrected chi connectivity index (χ4v) is 3.96. The van der Waals surface area contributed by atoms with Gasteiger partial charge in [-0.25, -0.2) is 0 Å². The van der Waals surface area contributed by atoms with Crippen molar-refractivity contribution in [3.8, 4) is 0 Å². The van der Waals surface area contributed by atoms with E-state index in [0.29, 0.717) is 37.6 Å². The van der Waals surface area contributed by atoms with E-state index in [-0.39, 0.29) is 11.6 Å². The molecule has 2 aromatic carbocycles. The van der Waals surface area contributed by atoms with E-state index in [2.05, 4.69) is 10.2 Å². The van der Waals surface area contributed by atoms with Crippen LogP contribution in [0.15, 0.2) is 48.5 Å². The number of carbonyl (C=O) groups is 1. The molecular formula is C21H23N3O4. The van der Waals surface area contributed by atoms with Crippen molar-refractivity contribution < 1.29 is 14.5 Å². The second-order valence-electron chi connectivity index (χ2n) is 7.31. The molecular weight excluding hydrogens is 358 g/mol. The predicted octanol–water partition coefficient (Wildman–Crippen LogP) is 3.24. The molecule has 0 aromatic heterocycles. The lowest BCUT2D eigenvalue weighted by atomic mass is 9.71. The minimum atomic E-state index is -0.462. The molecule has 2 fully saturated rings. The third-order valence-electron chi connectivity index (χ3n) is 5.67. The van der Waals surface area contributed by atoms with Gasteiger partial charge in [0.15, 0.2) is 0 Å². The first-order valence-electron chi connectivity index (χ1n) is 9.58. The SMILES string of the molecule is O=C(NC1(c2ccccc2)CCC1)c1cc([N+](=O)[O-])ccc1N1CCOCC1. The van der Waals surface area contributed by atoms with Gasteiger partial charge < -0.3 is 15.0 Å². The van der Waals surface area contributed by atoms with Crippen LogP contribution in [-0.4, -0.2) is 37.1 Å². The molecule has 0 bridgehead atoms. The zero-order valence-electron chi connectivity index (χ0n) is 15.6. The Balaban J connectivity index is 1.67. The van der Waals surface area contributed by atoms with Crippen LogP contribution in [0.4, 0.5) is 11.4 Å². The van der Waals surface area contributed by atoms with Crippen LogP contribution >= 0.6 is 0 Å². The van der Waals surface area contributed by atoms with Gasteiger partial charge in [0.1, 0.15) is 0 Å². The molecule has 7 heteroatoms. The highest BCUT2D eigenvalue weighted by atomic mass is 16.6. The van der Waals surface area contributed by atoms with E-state index in [1.54, 1.807) is 6.07 Å². The summed E-state index contributed by atoms with van der Waals surface area (Å²) in [6.07, 6.45) is 2.77. The van der Waals surface area contributed by atoms with Gasteiger partial charge in [-0.05, 0) is 30.9 Å². The third kappa shape index (κ3) is 3.45. The fourth-order valence-electron chi connectivity index (χ4n) is 3.96. The highest BCUT2D eigenvalue weighted by Gasteiger charge is 2.40. The van der Waals surface area contributed by atoms with Gasteiger partial charge in [0, 0.05) is 25.2 Å². The van der Waals surface area contributed by atoms with Crippen LogP contribution in [0.3, 0.4) is 0 Å². The van der Waals surface area contributed by atoms with Crippen LogP contribution in [0.1, 0.15) is 35.2 Å². The molecule has 1 aliphatic heterocycles. The summed E-state index contributed by atoms with van der Waals surface area (Å²) in [5.41, 5.74) is 1.66. The number of anilines is 1. The number of nitro groups is 1.